The van der Waals surface area contributed by atoms with Gasteiger partial charge < -0.3 is 5.32 Å². The van der Waals surface area contributed by atoms with Gasteiger partial charge in [0.15, 0.2) is 11.3 Å². The number of carbonyl (C=O) groups excluding carboxylic acids is 2. The van der Waals surface area contributed by atoms with Crippen LogP contribution in [0.4, 0.5) is 11.4 Å². The smallest absolute Gasteiger partial charge is 0.207 e. The number of rotatable bonds is 4. The molecule has 1 atom stereocenters. The molecule has 1 aliphatic heterocycles. The van der Waals surface area contributed by atoms with E-state index < -0.39 is 17.1 Å². The summed E-state index contributed by atoms with van der Waals surface area (Å²) in [5, 5.41) is 16.6. The van der Waals surface area contributed by atoms with E-state index in [0.29, 0.717) is 27.0 Å². The third kappa shape index (κ3) is 3.96. The normalized spacial score (nSPS) is 20.9. The van der Waals surface area contributed by atoms with E-state index in [9.17, 15) is 14.8 Å². The molecule has 2 aliphatic rings. The minimum atomic E-state index is -1.46. The van der Waals surface area contributed by atoms with Crippen molar-refractivity contribution in [3.8, 4) is 0 Å². The Labute approximate surface area is 211 Å². The minimum absolute atomic E-state index is 0.0396. The summed E-state index contributed by atoms with van der Waals surface area (Å²) in [4.78, 5) is 31.7. The average Bonchev–Trinajstić information content (AvgIpc) is 3.07. The van der Waals surface area contributed by atoms with Crippen molar-refractivity contribution < 1.29 is 14.8 Å². The van der Waals surface area contributed by atoms with Crippen LogP contribution >= 0.6 is 23.2 Å². The SMILES string of the molecule is CC1(c2ccccc2)C(=O)C2=C(C(Nc3ccc(Cl)cc3)=CC(=O)C2=Nc2ccc(Cl)cc2)N1O. The van der Waals surface area contributed by atoms with Crippen LogP contribution in [0.2, 0.25) is 10.0 Å². The van der Waals surface area contributed by atoms with Gasteiger partial charge in [-0.05, 0) is 61.0 Å². The van der Waals surface area contributed by atoms with Gasteiger partial charge in [-0.15, -0.1) is 0 Å². The maximum atomic E-state index is 13.9. The number of ketones is 2. The lowest BCUT2D eigenvalue weighted by molar-refractivity contribution is -0.152. The largest absolute Gasteiger partial charge is 0.354 e. The van der Waals surface area contributed by atoms with Crippen LogP contribution in [-0.4, -0.2) is 27.5 Å². The van der Waals surface area contributed by atoms with Gasteiger partial charge in [-0.25, -0.2) is 10.1 Å². The van der Waals surface area contributed by atoms with Crippen molar-refractivity contribution in [3.63, 3.8) is 0 Å². The second kappa shape index (κ2) is 8.82. The summed E-state index contributed by atoms with van der Waals surface area (Å²) in [6, 6.07) is 22.4. The fourth-order valence-corrected chi connectivity index (χ4v) is 4.44. The number of hydrogen-bond donors (Lipinski definition) is 2. The average molecular weight is 504 g/mol. The molecule has 0 saturated carbocycles. The van der Waals surface area contributed by atoms with Crippen LogP contribution in [0, 0.1) is 0 Å². The maximum absolute atomic E-state index is 13.9. The molecule has 6 nitrogen and oxygen atoms in total. The van der Waals surface area contributed by atoms with Gasteiger partial charge in [0.05, 0.1) is 17.0 Å². The molecular formula is C27H19Cl2N3O3. The van der Waals surface area contributed by atoms with Gasteiger partial charge in [0.2, 0.25) is 5.78 Å². The zero-order chi connectivity index (χ0) is 24.7. The molecule has 3 aromatic rings. The molecule has 0 saturated heterocycles. The molecule has 0 amide bonds. The molecule has 0 fully saturated rings. The number of halogens is 2. The lowest BCUT2D eigenvalue weighted by Gasteiger charge is -2.33. The predicted octanol–water partition coefficient (Wildman–Crippen LogP) is 6.09. The minimum Gasteiger partial charge on any atom is -0.354 e. The van der Waals surface area contributed by atoms with E-state index in [0.717, 1.165) is 5.06 Å². The summed E-state index contributed by atoms with van der Waals surface area (Å²) in [7, 11) is 0. The zero-order valence-corrected chi connectivity index (χ0v) is 20.0. The molecule has 0 aromatic heterocycles. The van der Waals surface area contributed by atoms with Crippen LogP contribution in [0.1, 0.15) is 12.5 Å². The van der Waals surface area contributed by atoms with E-state index in [2.05, 4.69) is 10.3 Å². The molecule has 3 aromatic carbocycles. The van der Waals surface area contributed by atoms with Gasteiger partial charge in [0.1, 0.15) is 11.4 Å². The first-order valence-electron chi connectivity index (χ1n) is 10.8. The van der Waals surface area contributed by atoms with Crippen LogP contribution in [0.15, 0.2) is 107 Å². The second-order valence-electron chi connectivity index (χ2n) is 8.29. The van der Waals surface area contributed by atoms with Crippen molar-refractivity contribution in [2.75, 3.05) is 5.32 Å². The lowest BCUT2D eigenvalue weighted by atomic mass is 9.84. The third-order valence-electron chi connectivity index (χ3n) is 6.07. The summed E-state index contributed by atoms with van der Waals surface area (Å²) >= 11 is 12.0. The Kier molecular flexibility index (Phi) is 5.81. The Bertz CT molecular complexity index is 1430. The number of carbonyl (C=O) groups is 2. The Morgan fingerprint density at radius 1 is 0.886 bits per heavy atom. The molecule has 0 bridgehead atoms. The Morgan fingerprint density at radius 2 is 1.49 bits per heavy atom. The van der Waals surface area contributed by atoms with Gasteiger partial charge in [0.25, 0.3) is 0 Å². The third-order valence-corrected chi connectivity index (χ3v) is 6.57. The fraction of sp³-hybridized carbons (Fsp3) is 0.0741. The quantitative estimate of drug-likeness (QED) is 0.421. The molecule has 1 heterocycles. The van der Waals surface area contributed by atoms with Crippen LogP contribution in [0.5, 0.6) is 0 Å². The van der Waals surface area contributed by atoms with Crippen molar-refractivity contribution in [3.05, 3.63) is 118 Å². The summed E-state index contributed by atoms with van der Waals surface area (Å²) in [6.45, 7) is 1.62. The fourth-order valence-electron chi connectivity index (χ4n) is 4.19. The lowest BCUT2D eigenvalue weighted by Crippen LogP contribution is -2.43. The number of aliphatic imine (C=N–C) groups is 1. The molecule has 35 heavy (non-hydrogen) atoms. The van der Waals surface area contributed by atoms with E-state index in [1.807, 2.05) is 6.07 Å². The predicted molar refractivity (Wildman–Crippen MR) is 136 cm³/mol. The van der Waals surface area contributed by atoms with Gasteiger partial charge in [-0.2, -0.15) is 0 Å². The topological polar surface area (TPSA) is 82.0 Å². The molecule has 174 valence electrons. The first kappa shape index (κ1) is 23.1. The van der Waals surface area contributed by atoms with E-state index in [4.69, 9.17) is 23.2 Å². The van der Waals surface area contributed by atoms with Crippen LogP contribution in [0.25, 0.3) is 0 Å². The molecule has 2 N–H and O–H groups in total. The number of nitrogens with one attached hydrogen (secondary N) is 1. The number of Topliss-reactive ketones (excluding diaryl/α,β-unsaturated/α-hetero) is 1. The van der Waals surface area contributed by atoms with Crippen molar-refractivity contribution in [2.45, 2.75) is 12.5 Å². The van der Waals surface area contributed by atoms with Crippen LogP contribution in [0.3, 0.4) is 0 Å². The highest BCUT2D eigenvalue weighted by molar-refractivity contribution is 6.57. The molecule has 8 heteroatoms. The monoisotopic (exact) mass is 503 g/mol. The number of allylic oxidation sites excluding steroid dienone is 1. The molecule has 0 radical (unpaired) electrons. The van der Waals surface area contributed by atoms with Gasteiger partial charge in [0, 0.05) is 21.8 Å². The number of nitrogens with zero attached hydrogens (tertiary/aromatic N) is 2. The molecule has 0 spiro atoms. The molecule has 1 unspecified atom stereocenters. The first-order valence-corrected chi connectivity index (χ1v) is 11.5. The number of anilines is 1. The van der Waals surface area contributed by atoms with Crippen molar-refractivity contribution in [1.82, 2.24) is 5.06 Å². The van der Waals surface area contributed by atoms with Crippen LogP contribution < -0.4 is 5.32 Å². The highest BCUT2D eigenvalue weighted by atomic mass is 35.5. The van der Waals surface area contributed by atoms with Crippen molar-refractivity contribution >= 4 is 51.9 Å². The Morgan fingerprint density at radius 3 is 2.11 bits per heavy atom. The van der Waals surface area contributed by atoms with Gasteiger partial charge in [-0.1, -0.05) is 53.5 Å². The van der Waals surface area contributed by atoms with Crippen molar-refractivity contribution in [1.29, 1.82) is 0 Å². The van der Waals surface area contributed by atoms with E-state index >= 15 is 0 Å². The number of hydroxylamine groups is 2. The van der Waals surface area contributed by atoms with E-state index in [1.54, 1.807) is 79.7 Å². The van der Waals surface area contributed by atoms with E-state index in [-0.39, 0.29) is 22.7 Å². The van der Waals surface area contributed by atoms with E-state index in [1.165, 1.54) is 6.08 Å². The maximum Gasteiger partial charge on any atom is 0.207 e. The number of hydrogen-bond acceptors (Lipinski definition) is 6. The molecule has 1 aliphatic carbocycles. The highest BCUT2D eigenvalue weighted by Crippen LogP contribution is 2.45. The molecular weight excluding hydrogens is 485 g/mol. The standard InChI is InChI=1S/C27H19Cl2N3O3/c1-27(16-5-3-2-4-6-16)26(34)23-24(31-20-13-9-18(29)10-14-20)22(33)15-21(25(23)32(27)35)30-19-11-7-17(28)8-12-19/h2-15,30,35H,1H3. The zero-order valence-electron chi connectivity index (χ0n) is 18.5. The Balaban J connectivity index is 1.67. The Hall–Kier alpha value is -3.71. The summed E-state index contributed by atoms with van der Waals surface area (Å²) in [6.07, 6.45) is 1.33. The molecule has 5 rings (SSSR count). The second-order valence-corrected chi connectivity index (χ2v) is 9.17. The first-order chi connectivity index (χ1) is 16.8. The summed E-state index contributed by atoms with van der Waals surface area (Å²) < 4.78 is 0. The van der Waals surface area contributed by atoms with Gasteiger partial charge in [-0.3, -0.25) is 14.8 Å². The van der Waals surface area contributed by atoms with Gasteiger partial charge >= 0.3 is 0 Å². The number of benzene rings is 3. The summed E-state index contributed by atoms with van der Waals surface area (Å²) in [5.74, 6) is -0.903. The highest BCUT2D eigenvalue weighted by Gasteiger charge is 2.54. The van der Waals surface area contributed by atoms with Crippen LogP contribution in [-0.2, 0) is 15.1 Å². The van der Waals surface area contributed by atoms with Crippen molar-refractivity contribution in [2.24, 2.45) is 4.99 Å². The summed E-state index contributed by atoms with van der Waals surface area (Å²) in [5.41, 5.74) is 0.640.